The first-order valence-corrected chi connectivity index (χ1v) is 58.1. The maximum Gasteiger partial charge on any atom is 0.243 e. The Balaban J connectivity index is 0.000000265. The Labute approximate surface area is 903 Å². The molecule has 1 aliphatic carbocycles. The Kier molecular flexibility index (Phi) is 56.1. The third-order valence-corrected chi connectivity index (χ3v) is 32.8. The molecule has 858 valence electrons. The first-order valence-electron chi connectivity index (χ1n) is 58.1. The minimum Gasteiger partial charge on any atom is -0.368 e. The van der Waals surface area contributed by atoms with Crippen LogP contribution in [0.4, 0.5) is 0 Å². The van der Waals surface area contributed by atoms with E-state index >= 15 is 0 Å². The number of primary amides is 1. The maximum atomic E-state index is 13.4. The number of nitrogens with zero attached hydrogens (tertiary/aromatic N) is 16. The lowest BCUT2D eigenvalue weighted by atomic mass is 9.82. The van der Waals surface area contributed by atoms with Crippen LogP contribution in [0, 0.1) is 11.3 Å². The van der Waals surface area contributed by atoms with E-state index in [0.717, 1.165) is 279 Å². The molecule has 0 unspecified atom stereocenters. The van der Waals surface area contributed by atoms with Crippen molar-refractivity contribution < 1.29 is 33.6 Å². The number of likely N-dealkylation sites (N-methyl/N-ethyl adjacent to an activating group) is 3. The molecule has 11 N–H and O–H groups in total. The zero-order valence-electron chi connectivity index (χ0n) is 101. The number of hydrogen-bond acceptors (Lipinski definition) is 26. The second-order valence-corrected chi connectivity index (χ2v) is 50.8. The van der Waals surface area contributed by atoms with Gasteiger partial charge >= 0.3 is 0 Å². The van der Waals surface area contributed by atoms with Gasteiger partial charge in [-0.2, -0.15) is 0 Å². The number of likely N-dealkylation sites (tertiary alicyclic amines) is 9. The summed E-state index contributed by atoms with van der Waals surface area (Å²) in [7, 11) is 31.2. The lowest BCUT2D eigenvalue weighted by molar-refractivity contribution is -0.143. The zero-order valence-corrected chi connectivity index (χ0v) is 101. The normalized spacial score (nSPS) is 23.0. The van der Waals surface area contributed by atoms with Crippen molar-refractivity contribution in [3.8, 4) is 0 Å². The molecule has 10 heterocycles. The van der Waals surface area contributed by atoms with Crippen LogP contribution in [0.2, 0.25) is 0 Å². The van der Waals surface area contributed by atoms with Crippen molar-refractivity contribution in [2.24, 2.45) is 17.1 Å². The summed E-state index contributed by atoms with van der Waals surface area (Å²) in [5, 5.41) is 31.1. The summed E-state index contributed by atoms with van der Waals surface area (Å²) in [5.74, 6) is 2.22. The smallest absolute Gasteiger partial charge is 0.243 e. The van der Waals surface area contributed by atoms with E-state index in [0.29, 0.717) is 85.2 Å². The van der Waals surface area contributed by atoms with Gasteiger partial charge in [0.05, 0.1) is 0 Å². The fraction of sp³-hybridized carbons (Fsp3) is 0.887. The van der Waals surface area contributed by atoms with Crippen LogP contribution in [0.5, 0.6) is 0 Å². The van der Waals surface area contributed by atoms with Gasteiger partial charge in [0.25, 0.3) is 0 Å². The van der Waals surface area contributed by atoms with Crippen LogP contribution in [0.15, 0.2) is 30.3 Å². The van der Waals surface area contributed by atoms with Gasteiger partial charge in [0, 0.05) is 239 Å². The molecule has 7 amide bonds. The van der Waals surface area contributed by atoms with Gasteiger partial charge in [-0.1, -0.05) is 51.1 Å². The van der Waals surface area contributed by atoms with Crippen LogP contribution in [-0.2, 0) is 40.1 Å². The summed E-state index contributed by atoms with van der Waals surface area (Å²) in [5.41, 5.74) is 4.21. The summed E-state index contributed by atoms with van der Waals surface area (Å²) < 4.78 is 0. The predicted octanol–water partition coefficient (Wildman–Crippen LogP) is 7.89. The third-order valence-electron chi connectivity index (χ3n) is 32.8. The van der Waals surface area contributed by atoms with Crippen molar-refractivity contribution in [1.82, 2.24) is 126 Å². The molecule has 33 nitrogen and oxygen atoms in total. The molecule has 0 aromatic heterocycles. The number of piperidine rings is 8. The van der Waals surface area contributed by atoms with Crippen molar-refractivity contribution in [2.75, 3.05) is 289 Å². The number of rotatable bonds is 36. The molecule has 0 radical (unpaired) electrons. The van der Waals surface area contributed by atoms with Crippen LogP contribution < -0.4 is 53.6 Å². The number of carbonyl (C=O) groups is 7. The highest BCUT2D eigenvalue weighted by molar-refractivity contribution is 5.90. The molecule has 0 spiro atoms. The minimum absolute atomic E-state index is 0.0731. The summed E-state index contributed by atoms with van der Waals surface area (Å²) in [6.45, 7) is 64.2. The van der Waals surface area contributed by atoms with Crippen LogP contribution in [-0.4, -0.2) is 502 Å². The Hall–Kier alpha value is -5.25. The highest BCUT2D eigenvalue weighted by Gasteiger charge is 2.51. The number of benzene rings is 1. The van der Waals surface area contributed by atoms with E-state index in [9.17, 15) is 33.6 Å². The summed E-state index contributed by atoms with van der Waals surface area (Å²) in [4.78, 5) is 126. The minimum atomic E-state index is -0.472. The number of nitrogens with one attached hydrogen (secondary N) is 9. The highest BCUT2D eigenvalue weighted by Crippen LogP contribution is 2.36. The monoisotopic (exact) mass is 2080 g/mol. The van der Waals surface area contributed by atoms with Gasteiger partial charge in [0.15, 0.2) is 0 Å². The molecule has 10 saturated heterocycles. The van der Waals surface area contributed by atoms with Gasteiger partial charge in [-0.05, 0) is 373 Å². The second-order valence-electron chi connectivity index (χ2n) is 50.8. The average Bonchev–Trinajstić information content (AvgIpc) is 1.12. The molecule has 12 rings (SSSR count). The van der Waals surface area contributed by atoms with Crippen molar-refractivity contribution >= 4 is 41.4 Å². The molecule has 10 aliphatic heterocycles. The molecule has 1 saturated carbocycles. The van der Waals surface area contributed by atoms with Crippen molar-refractivity contribution in [3.63, 3.8) is 0 Å². The predicted molar refractivity (Wildman–Crippen MR) is 614 cm³/mol. The molecule has 0 bridgehead atoms. The standard InChI is InChI=1S/C21H34N4O.C19H36N4O.C18H35N3O.C17H36N4O.C16H34N4O.C14H30N4O.C10H21N3O/c1-18(2)22-21(9-11-23(3)12-10-21)20(26)25-15-13-24(14-16-25)17-19-7-5-4-6-8-19;1-16(2)20-19(8-14-21(3)15-9-19)18(24)23-12-6-17(7-13-23)22-10-4-5-11-22;1-14(2)19-18(10-12-20(4)13-11-18)17(22)21(5)16-8-6-15(3)7-9-16;1-14(2)19-17(8-10-21(7)11-9-17)15(22)18-12-16(3,4)13-20(5)6;1-14(2)17-16(8-12-19(5)13-9-16)15(21)20(6)11-7-10-18(3)4;1-12(2)16-14(6-9-18(5)10-7-14)13(19)15-8-11-17(3)4;1-8(2)12-10(9(11)14)4-6-13(3)7-5-10/h4-8,18,22H,9-17H2,1-3H3;16-17,20H,4-15H2,1-3H3;14-16,19H,6-13H2,1-5H3;14,19H,8-13H2,1-7H3,(H,18,22);14,17H,7-13H2,1-6H3;12,16H,6-11H2,1-5H3,(H,15,19);8,12H,4-7H2,1-3H3,(H2,11,14). The van der Waals surface area contributed by atoms with Gasteiger partial charge in [0.2, 0.25) is 41.4 Å². The molecule has 11 fully saturated rings. The van der Waals surface area contributed by atoms with E-state index in [1.54, 1.807) is 0 Å². The molecule has 33 heteroatoms. The maximum absolute atomic E-state index is 13.4. The molecular formula is C115H226N26O7. The van der Waals surface area contributed by atoms with Crippen LogP contribution in [0.3, 0.4) is 0 Å². The van der Waals surface area contributed by atoms with Crippen molar-refractivity contribution in [2.45, 2.75) is 365 Å². The van der Waals surface area contributed by atoms with Gasteiger partial charge in [-0.25, -0.2) is 0 Å². The largest absolute Gasteiger partial charge is 0.368 e. The van der Waals surface area contributed by atoms with Crippen LogP contribution >= 0.6 is 0 Å². The lowest BCUT2D eigenvalue weighted by Gasteiger charge is -2.46. The zero-order chi connectivity index (χ0) is 110. The van der Waals surface area contributed by atoms with E-state index in [-0.39, 0.29) is 56.7 Å². The van der Waals surface area contributed by atoms with E-state index in [1.807, 2.05) is 46.9 Å². The van der Waals surface area contributed by atoms with Gasteiger partial charge in [-0.15, -0.1) is 0 Å². The summed E-state index contributed by atoms with van der Waals surface area (Å²) >= 11 is 0. The quantitative estimate of drug-likeness (QED) is 0.0305. The van der Waals surface area contributed by atoms with E-state index in [1.165, 1.54) is 57.2 Å². The number of piperazine rings is 1. The van der Waals surface area contributed by atoms with Crippen LogP contribution in [0.1, 0.15) is 271 Å². The summed E-state index contributed by atoms with van der Waals surface area (Å²) in [6.07, 6.45) is 23.4. The fourth-order valence-corrected chi connectivity index (χ4v) is 24.2. The average molecular weight is 2090 g/mol. The molecule has 1 aromatic rings. The first kappa shape index (κ1) is 131. The topological polar surface area (TPSA) is 306 Å². The highest BCUT2D eigenvalue weighted by atomic mass is 16.2. The SMILES string of the molecule is CC(C)NC1(C(=O)N(C)CCCN(C)C)CCN(C)CC1.CC(C)NC1(C(=O)N2CCC(N3CCCC3)CC2)CCN(C)CC1.CC(C)NC1(C(=O)N2CCN(Cc3ccccc3)CC2)CCN(C)CC1.CC(C)NC1(C(=O)NCC(C)(C)CN(C)C)CCN(C)CC1.CC(C)NC1(C(=O)NCCN(C)C)CCN(C)CC1.CC(C)NC1(C(N)=O)CCN(C)CC1.CC1CCC(N(C)C(=O)C2(NC(C)C)CCN(C)CC2)CC1. The van der Waals surface area contributed by atoms with Gasteiger partial charge in [-0.3, -0.25) is 38.5 Å². The number of nitrogens with two attached hydrogens (primary N) is 1. The van der Waals surface area contributed by atoms with Gasteiger partial charge < -0.3 is 127 Å². The van der Waals surface area contributed by atoms with E-state index < -0.39 is 11.1 Å². The number of amides is 7. The Morgan fingerprint density at radius 2 is 0.682 bits per heavy atom. The van der Waals surface area contributed by atoms with Crippen LogP contribution in [0.25, 0.3) is 0 Å². The molecule has 11 aliphatic rings. The van der Waals surface area contributed by atoms with Crippen molar-refractivity contribution in [3.05, 3.63) is 35.9 Å². The van der Waals surface area contributed by atoms with Crippen molar-refractivity contribution in [1.29, 1.82) is 0 Å². The Bertz CT molecular complexity index is 3900. The Morgan fingerprint density at radius 1 is 0.365 bits per heavy atom. The molecule has 148 heavy (non-hydrogen) atoms. The molecular weight excluding hydrogens is 1860 g/mol. The first-order chi connectivity index (χ1) is 69.5. The lowest BCUT2D eigenvalue weighted by Crippen LogP contribution is -2.65. The molecule has 1 aromatic carbocycles. The summed E-state index contributed by atoms with van der Waals surface area (Å²) in [6, 6.07) is 14.0. The Morgan fingerprint density at radius 3 is 1.03 bits per heavy atom. The third kappa shape index (κ3) is 43.4. The second kappa shape index (κ2) is 63.2. The van der Waals surface area contributed by atoms with E-state index in [4.69, 9.17) is 5.73 Å². The molecule has 0 atom stereocenters. The number of hydrogen-bond donors (Lipinski definition) is 10. The fourth-order valence-electron chi connectivity index (χ4n) is 24.2. The number of carbonyl (C=O) groups excluding carboxylic acids is 7. The van der Waals surface area contributed by atoms with E-state index in [2.05, 4.69) is 333 Å². The van der Waals surface area contributed by atoms with Gasteiger partial charge in [0.1, 0.15) is 38.8 Å².